The second kappa shape index (κ2) is 8.84. The molecule has 0 aromatic carbocycles. The molecule has 0 aromatic rings. The van der Waals surface area contributed by atoms with Crippen LogP contribution in [0.2, 0.25) is 0 Å². The summed E-state index contributed by atoms with van der Waals surface area (Å²) < 4.78 is 0. The minimum absolute atomic E-state index is 0. The third-order valence-corrected chi connectivity index (χ3v) is 0. The van der Waals surface area contributed by atoms with E-state index in [1.807, 2.05) is 0 Å². The molecule has 28 valence electrons. The van der Waals surface area contributed by atoms with Crippen LogP contribution < -0.4 is 0 Å². The Morgan fingerprint density at radius 1 is 1.25 bits per heavy atom. The van der Waals surface area contributed by atoms with Crippen LogP contribution in [0.15, 0.2) is 0 Å². The van der Waals surface area contributed by atoms with E-state index < -0.39 is 0 Å². The van der Waals surface area contributed by atoms with Crippen molar-refractivity contribution in [2.24, 2.45) is 0 Å². The van der Waals surface area contributed by atoms with Crippen LogP contribution in [0.25, 0.3) is 0 Å². The van der Waals surface area contributed by atoms with Crippen molar-refractivity contribution in [1.82, 2.24) is 0 Å². The molecule has 0 aliphatic rings. The fourth-order valence-corrected chi connectivity index (χ4v) is 0. The molecule has 0 saturated heterocycles. The van der Waals surface area contributed by atoms with Crippen molar-refractivity contribution in [3.63, 3.8) is 0 Å². The Balaban J connectivity index is 0. The number of hydrogen-bond donors (Lipinski definition) is 0. The van der Waals surface area contributed by atoms with Gasteiger partial charge in [-0.15, -0.1) is 0 Å². The van der Waals surface area contributed by atoms with E-state index in [-0.39, 0.29) is 36.0 Å². The van der Waals surface area contributed by atoms with Gasteiger partial charge >= 0.3 is 34.6 Å². The summed E-state index contributed by atoms with van der Waals surface area (Å²) in [5, 5.41) is 0. The van der Waals surface area contributed by atoms with Crippen molar-refractivity contribution in [3.8, 4) is 0 Å². The van der Waals surface area contributed by atoms with Crippen LogP contribution in [0, 0.1) is 0 Å². The van der Waals surface area contributed by atoms with Crippen molar-refractivity contribution < 1.29 is 36.0 Å². The first-order valence-electron chi connectivity index (χ1n) is 0.258. The minimum atomic E-state index is -0.250. The summed E-state index contributed by atoms with van der Waals surface area (Å²) in [5.41, 5.74) is 0. The second-order valence-electron chi connectivity index (χ2n) is 0.0527. The van der Waals surface area contributed by atoms with E-state index in [0.717, 1.165) is 0 Å². The fraction of sp³-hybridized carbons (Fsp3) is 0. The zero-order valence-corrected chi connectivity index (χ0v) is 7.45. The molecule has 0 spiro atoms. The quantitative estimate of drug-likeness (QED) is 0.601. The van der Waals surface area contributed by atoms with Gasteiger partial charge in [0.05, 0.1) is 0 Å². The molecule has 4 heavy (non-hydrogen) atoms. The van der Waals surface area contributed by atoms with Gasteiger partial charge < -0.3 is 0 Å². The third-order valence-electron chi connectivity index (χ3n) is 0. The van der Waals surface area contributed by atoms with Gasteiger partial charge in [0.15, 0.2) is 0 Å². The van der Waals surface area contributed by atoms with E-state index in [2.05, 4.69) is 19.6 Å². The zero-order chi connectivity index (χ0) is 2.71. The summed E-state index contributed by atoms with van der Waals surface area (Å²) in [5.74, 6) is 0. The third kappa shape index (κ3) is 9.18. The molecule has 0 rings (SSSR count). The summed E-state index contributed by atoms with van der Waals surface area (Å²) in [4.78, 5) is 0. The molecule has 0 N–H and O–H groups in total. The molecule has 0 unspecified atom stereocenters. The van der Waals surface area contributed by atoms with Gasteiger partial charge in [0.2, 0.25) is 0 Å². The average molecular weight is 355 g/mol. The van der Waals surface area contributed by atoms with Crippen LogP contribution in [-0.4, -0.2) is 0 Å². The van der Waals surface area contributed by atoms with E-state index in [4.69, 9.17) is 0 Å². The monoisotopic (exact) mass is 357 g/mol. The Hall–Kier alpha value is 1.82. The molecule has 0 nitrogen and oxygen atoms in total. The van der Waals surface area contributed by atoms with Crippen LogP contribution in [0.3, 0.4) is 0 Å². The molecule has 0 radical (unpaired) electrons. The predicted molar refractivity (Wildman–Crippen MR) is 15.2 cm³/mol. The SMILES string of the molecule is [Mo].[S]=[Pt]=[S]. The Morgan fingerprint density at radius 2 is 1.25 bits per heavy atom. The first-order valence-corrected chi connectivity index (χ1v) is 6.34. The van der Waals surface area contributed by atoms with Crippen LogP contribution >= 0.6 is 19.6 Å². The molecule has 0 aliphatic carbocycles. The van der Waals surface area contributed by atoms with Gasteiger partial charge in [-0.1, -0.05) is 0 Å². The van der Waals surface area contributed by atoms with Crippen molar-refractivity contribution in [1.29, 1.82) is 0 Å². The van der Waals surface area contributed by atoms with E-state index in [0.29, 0.717) is 0 Å². The summed E-state index contributed by atoms with van der Waals surface area (Å²) in [6.07, 6.45) is 0. The number of hydrogen-bond acceptors (Lipinski definition) is 2. The average Bonchev–Trinajstić information content (AvgIpc) is 0.918. The van der Waals surface area contributed by atoms with Crippen molar-refractivity contribution in [3.05, 3.63) is 0 Å². The summed E-state index contributed by atoms with van der Waals surface area (Å²) in [6.45, 7) is 0. The standard InChI is InChI=1S/Mo.Pt.2S. The van der Waals surface area contributed by atoms with Gasteiger partial charge in [-0.25, -0.2) is 0 Å². The molecule has 0 aliphatic heterocycles. The van der Waals surface area contributed by atoms with Gasteiger partial charge in [0.25, 0.3) is 0 Å². The molecule has 0 saturated carbocycles. The Bertz CT molecular complexity index is 27.0. The normalized spacial score (nSPS) is 5.00. The predicted octanol–water partition coefficient (Wildman–Crippen LogP) is 1.29. The van der Waals surface area contributed by atoms with E-state index in [1.165, 1.54) is 0 Å². The summed E-state index contributed by atoms with van der Waals surface area (Å²) in [7, 11) is 8.64. The number of rotatable bonds is 0. The maximum atomic E-state index is 4.32. The van der Waals surface area contributed by atoms with Gasteiger partial charge in [0.1, 0.15) is 0 Å². The van der Waals surface area contributed by atoms with E-state index >= 15 is 0 Å². The Morgan fingerprint density at radius 3 is 1.25 bits per heavy atom. The Kier molecular flexibility index (Phi) is 20.5. The first-order chi connectivity index (χ1) is 1.41. The zero-order valence-electron chi connectivity index (χ0n) is 1.54. The van der Waals surface area contributed by atoms with Crippen LogP contribution in [0.5, 0.6) is 0 Å². The fourth-order valence-electron chi connectivity index (χ4n) is 0. The Labute approximate surface area is 55.0 Å². The van der Waals surface area contributed by atoms with Crippen LogP contribution in [0.4, 0.5) is 0 Å². The topological polar surface area (TPSA) is 0 Å². The van der Waals surface area contributed by atoms with E-state index in [9.17, 15) is 0 Å². The molecular formula is MoPtS2. The first kappa shape index (κ1) is 9.26. The summed E-state index contributed by atoms with van der Waals surface area (Å²) >= 11 is -0.250. The van der Waals surface area contributed by atoms with Crippen LogP contribution in [0.1, 0.15) is 0 Å². The molecule has 0 atom stereocenters. The van der Waals surface area contributed by atoms with Gasteiger partial charge in [-0.3, -0.25) is 0 Å². The van der Waals surface area contributed by atoms with E-state index in [1.54, 1.807) is 0 Å². The summed E-state index contributed by atoms with van der Waals surface area (Å²) in [6, 6.07) is 0. The maximum absolute atomic E-state index is 4.32. The van der Waals surface area contributed by atoms with Crippen molar-refractivity contribution in [2.75, 3.05) is 0 Å². The molecule has 0 fully saturated rings. The molecule has 4 heteroatoms. The van der Waals surface area contributed by atoms with Gasteiger partial charge in [0, 0.05) is 21.1 Å². The molecule has 0 amide bonds. The van der Waals surface area contributed by atoms with Gasteiger partial charge in [-0.2, -0.15) is 0 Å². The van der Waals surface area contributed by atoms with Crippen molar-refractivity contribution >= 4 is 19.6 Å². The van der Waals surface area contributed by atoms with Crippen molar-refractivity contribution in [2.45, 2.75) is 0 Å². The molecule has 0 heterocycles. The second-order valence-corrected chi connectivity index (χ2v) is 3.88. The van der Waals surface area contributed by atoms with Gasteiger partial charge in [-0.05, 0) is 0 Å². The molecular weight excluding hydrogens is 355 g/mol. The van der Waals surface area contributed by atoms with Crippen LogP contribution in [-0.2, 0) is 36.0 Å². The molecule has 0 aromatic heterocycles. The molecule has 0 bridgehead atoms.